The van der Waals surface area contributed by atoms with Crippen LogP contribution < -0.4 is 10.1 Å². The van der Waals surface area contributed by atoms with Crippen LogP contribution >= 0.6 is 15.9 Å². The van der Waals surface area contributed by atoms with Crippen molar-refractivity contribution in [3.05, 3.63) is 40.9 Å². The lowest BCUT2D eigenvalue weighted by Crippen LogP contribution is -2.84. The van der Waals surface area contributed by atoms with Crippen molar-refractivity contribution in [1.82, 2.24) is 0 Å². The van der Waals surface area contributed by atoms with E-state index in [1.807, 2.05) is 18.2 Å². The van der Waals surface area contributed by atoms with Crippen molar-refractivity contribution < 1.29 is 10.1 Å². The summed E-state index contributed by atoms with van der Waals surface area (Å²) in [6.07, 6.45) is 0. The van der Waals surface area contributed by atoms with Gasteiger partial charge >= 0.3 is 0 Å². The Bertz CT molecular complexity index is 499. The minimum atomic E-state index is 0.741. The molecule has 0 atom stereocenters. The van der Waals surface area contributed by atoms with Gasteiger partial charge in [0.15, 0.2) is 0 Å². The van der Waals surface area contributed by atoms with E-state index in [-0.39, 0.29) is 0 Å². The summed E-state index contributed by atoms with van der Waals surface area (Å²) in [5.74, 6) is 0.924. The fourth-order valence-corrected chi connectivity index (χ4v) is 2.39. The van der Waals surface area contributed by atoms with Crippen LogP contribution in [0, 0.1) is 0 Å². The first-order valence-electron chi connectivity index (χ1n) is 5.94. The third-order valence-electron chi connectivity index (χ3n) is 2.70. The van der Waals surface area contributed by atoms with E-state index in [1.54, 1.807) is 0 Å². The number of fused-ring (bicyclic) bond motifs is 1. The summed E-state index contributed by atoms with van der Waals surface area (Å²) < 4.78 is 6.82. The molecule has 17 heavy (non-hydrogen) atoms. The molecular weight excluding hydrogens is 278 g/mol. The van der Waals surface area contributed by atoms with Crippen molar-refractivity contribution in [3.8, 4) is 5.75 Å². The van der Waals surface area contributed by atoms with Crippen LogP contribution in [0.1, 0.15) is 6.92 Å². The predicted molar refractivity (Wildman–Crippen MR) is 74.5 cm³/mol. The van der Waals surface area contributed by atoms with Gasteiger partial charge in [-0.15, -0.1) is 0 Å². The highest BCUT2D eigenvalue weighted by Gasteiger charge is 2.05. The number of nitrogens with two attached hydrogens (primary N) is 1. The van der Waals surface area contributed by atoms with Gasteiger partial charge in [0.1, 0.15) is 18.9 Å². The Kier molecular flexibility index (Phi) is 4.40. The number of rotatable bonds is 5. The number of hydrogen-bond acceptors (Lipinski definition) is 1. The molecule has 0 aliphatic carbocycles. The zero-order valence-corrected chi connectivity index (χ0v) is 11.5. The Morgan fingerprint density at radius 2 is 2.00 bits per heavy atom. The standard InChI is InChI=1S/C14H16BrNO/c1-2-16-9-10-17-13-8-7-11-5-3-4-6-12(11)14(13)15/h3-8,16H,2,9-10H2,1H3/p+1. The number of ether oxygens (including phenoxy) is 1. The van der Waals surface area contributed by atoms with E-state index in [9.17, 15) is 0 Å². The van der Waals surface area contributed by atoms with Crippen LogP contribution in [0.15, 0.2) is 40.9 Å². The highest BCUT2D eigenvalue weighted by molar-refractivity contribution is 9.10. The van der Waals surface area contributed by atoms with Gasteiger partial charge in [0.05, 0.1) is 11.0 Å². The maximum absolute atomic E-state index is 5.77. The SMILES string of the molecule is CC[NH2+]CCOc1ccc2ccccc2c1Br. The first-order chi connectivity index (χ1) is 8.33. The minimum Gasteiger partial charge on any atom is -0.487 e. The molecule has 0 saturated carbocycles. The molecule has 2 nitrogen and oxygen atoms in total. The molecular formula is C14H17BrNO+. The molecule has 0 radical (unpaired) electrons. The lowest BCUT2D eigenvalue weighted by Gasteiger charge is -2.09. The van der Waals surface area contributed by atoms with E-state index < -0.39 is 0 Å². The van der Waals surface area contributed by atoms with Crippen LogP contribution in [0.3, 0.4) is 0 Å². The molecule has 2 aromatic rings. The second kappa shape index (κ2) is 6.03. The van der Waals surface area contributed by atoms with Gasteiger partial charge in [0.25, 0.3) is 0 Å². The van der Waals surface area contributed by atoms with E-state index in [4.69, 9.17) is 4.74 Å². The Hall–Kier alpha value is -1.06. The summed E-state index contributed by atoms with van der Waals surface area (Å²) >= 11 is 3.62. The number of halogens is 1. The van der Waals surface area contributed by atoms with Gasteiger partial charge in [0, 0.05) is 0 Å². The van der Waals surface area contributed by atoms with Gasteiger partial charge in [-0.25, -0.2) is 0 Å². The van der Waals surface area contributed by atoms with E-state index in [2.05, 4.69) is 46.4 Å². The van der Waals surface area contributed by atoms with Crippen LogP contribution in [-0.4, -0.2) is 19.7 Å². The molecule has 0 heterocycles. The maximum atomic E-state index is 5.77. The zero-order chi connectivity index (χ0) is 12.1. The third-order valence-corrected chi connectivity index (χ3v) is 3.51. The smallest absolute Gasteiger partial charge is 0.137 e. The van der Waals surface area contributed by atoms with E-state index in [0.717, 1.165) is 29.9 Å². The third kappa shape index (κ3) is 2.99. The van der Waals surface area contributed by atoms with Gasteiger partial charge < -0.3 is 10.1 Å². The topological polar surface area (TPSA) is 25.8 Å². The van der Waals surface area contributed by atoms with Gasteiger partial charge in [-0.2, -0.15) is 0 Å². The molecule has 0 fully saturated rings. The summed E-state index contributed by atoms with van der Waals surface area (Å²) in [5, 5.41) is 4.66. The first-order valence-corrected chi connectivity index (χ1v) is 6.74. The highest BCUT2D eigenvalue weighted by Crippen LogP contribution is 2.32. The van der Waals surface area contributed by atoms with Crippen LogP contribution in [-0.2, 0) is 0 Å². The Morgan fingerprint density at radius 1 is 1.18 bits per heavy atom. The number of hydrogen-bond donors (Lipinski definition) is 1. The quantitative estimate of drug-likeness (QED) is 0.843. The van der Waals surface area contributed by atoms with Gasteiger partial charge in [-0.3, -0.25) is 0 Å². The largest absolute Gasteiger partial charge is 0.487 e. The monoisotopic (exact) mass is 294 g/mol. The Morgan fingerprint density at radius 3 is 2.82 bits per heavy atom. The summed E-state index contributed by atoms with van der Waals surface area (Å²) in [6.45, 7) is 4.98. The highest BCUT2D eigenvalue weighted by atomic mass is 79.9. The van der Waals surface area contributed by atoms with Crippen molar-refractivity contribution in [2.45, 2.75) is 6.92 Å². The summed E-state index contributed by atoms with van der Waals surface area (Å²) in [6, 6.07) is 12.4. The van der Waals surface area contributed by atoms with Crippen LogP contribution in [0.4, 0.5) is 0 Å². The fraction of sp³-hybridized carbons (Fsp3) is 0.286. The van der Waals surface area contributed by atoms with E-state index >= 15 is 0 Å². The van der Waals surface area contributed by atoms with E-state index in [0.29, 0.717) is 0 Å². The normalized spacial score (nSPS) is 10.7. The lowest BCUT2D eigenvalue weighted by atomic mass is 10.1. The molecule has 0 spiro atoms. The van der Waals surface area contributed by atoms with Gasteiger partial charge in [-0.05, 0) is 39.7 Å². The average molecular weight is 295 g/mol. The number of benzene rings is 2. The summed E-state index contributed by atoms with van der Waals surface area (Å²) in [5.41, 5.74) is 0. The lowest BCUT2D eigenvalue weighted by molar-refractivity contribution is -0.652. The Labute approximate surface area is 110 Å². The molecule has 0 aliphatic rings. The second-order valence-electron chi connectivity index (χ2n) is 3.93. The second-order valence-corrected chi connectivity index (χ2v) is 4.73. The molecule has 0 bridgehead atoms. The molecule has 2 rings (SSSR count). The van der Waals surface area contributed by atoms with Crippen LogP contribution in [0.25, 0.3) is 10.8 Å². The molecule has 2 aromatic carbocycles. The first kappa shape index (κ1) is 12.4. The van der Waals surface area contributed by atoms with E-state index in [1.165, 1.54) is 10.8 Å². The number of quaternary nitrogens is 1. The van der Waals surface area contributed by atoms with Crippen molar-refractivity contribution in [1.29, 1.82) is 0 Å². The average Bonchev–Trinajstić information content (AvgIpc) is 2.37. The summed E-state index contributed by atoms with van der Waals surface area (Å²) in [7, 11) is 0. The van der Waals surface area contributed by atoms with Gasteiger partial charge in [-0.1, -0.05) is 30.3 Å². The molecule has 0 saturated heterocycles. The molecule has 0 amide bonds. The van der Waals surface area contributed by atoms with Crippen LogP contribution in [0.2, 0.25) is 0 Å². The summed E-state index contributed by atoms with van der Waals surface area (Å²) in [4.78, 5) is 0. The number of likely N-dealkylation sites (N-methyl/N-ethyl adjacent to an activating group) is 1. The fourth-order valence-electron chi connectivity index (χ4n) is 1.78. The predicted octanol–water partition coefficient (Wildman–Crippen LogP) is 2.56. The van der Waals surface area contributed by atoms with Gasteiger partial charge in [0.2, 0.25) is 0 Å². The van der Waals surface area contributed by atoms with Crippen molar-refractivity contribution in [2.24, 2.45) is 0 Å². The molecule has 90 valence electrons. The molecule has 0 aromatic heterocycles. The van der Waals surface area contributed by atoms with Crippen molar-refractivity contribution in [2.75, 3.05) is 19.7 Å². The van der Waals surface area contributed by atoms with Crippen molar-refractivity contribution >= 4 is 26.7 Å². The maximum Gasteiger partial charge on any atom is 0.137 e. The molecule has 3 heteroatoms. The van der Waals surface area contributed by atoms with Crippen LogP contribution in [0.5, 0.6) is 5.75 Å². The van der Waals surface area contributed by atoms with Crippen molar-refractivity contribution in [3.63, 3.8) is 0 Å². The molecule has 0 aliphatic heterocycles. The minimum absolute atomic E-state index is 0.741. The molecule has 2 N–H and O–H groups in total. The Balaban J connectivity index is 2.15. The zero-order valence-electron chi connectivity index (χ0n) is 9.95. The molecule has 0 unspecified atom stereocenters.